The summed E-state index contributed by atoms with van der Waals surface area (Å²) in [4.78, 5) is 0. The highest BCUT2D eigenvalue weighted by Gasteiger charge is 1.83. The molecule has 0 aliphatic carbocycles. The SMILES string of the molecule is CC.CCC.CCCCCC.CO.ClCCl.FC(F)Cl. The van der Waals surface area contributed by atoms with Crippen molar-refractivity contribution in [3.05, 3.63) is 0 Å². The minimum absolute atomic E-state index is 0.194. The number of unbranched alkanes of at least 4 members (excludes halogenated alkanes) is 3. The highest BCUT2D eigenvalue weighted by atomic mass is 35.5. The van der Waals surface area contributed by atoms with E-state index in [-0.39, 0.29) is 5.34 Å². The molecular formula is C14H35Cl3F2O. The summed E-state index contributed by atoms with van der Waals surface area (Å²) >= 11 is 13.5. The van der Waals surface area contributed by atoms with Crippen LogP contribution in [0.3, 0.4) is 0 Å². The molecule has 0 bridgehead atoms. The fourth-order valence-corrected chi connectivity index (χ4v) is 0.500. The van der Waals surface area contributed by atoms with E-state index in [9.17, 15) is 8.78 Å². The minimum atomic E-state index is -2.69. The van der Waals surface area contributed by atoms with Crippen molar-refractivity contribution >= 4 is 34.8 Å². The molecule has 20 heavy (non-hydrogen) atoms. The standard InChI is InChI=1S/C6H14.C3H8.C2H6.CH2Cl2.CHClF2.CH4O/c1-3-5-6-4-2;1-3-2;1-2;2-1-3;2-1(3)4;1-2/h3-6H2,1-2H3;3H2,1-2H3;1-2H3;1H2;1H;2H,1H3. The number of alkyl halides is 5. The normalized spacial score (nSPS) is 6.90. The lowest BCUT2D eigenvalue weighted by molar-refractivity contribution is 0.243. The summed E-state index contributed by atoms with van der Waals surface area (Å²) in [5.41, 5.74) is 0. The minimum Gasteiger partial charge on any atom is -0.400 e. The summed E-state index contributed by atoms with van der Waals surface area (Å²) < 4.78 is 20.2. The molecule has 0 aliphatic heterocycles. The Morgan fingerprint density at radius 3 is 1.00 bits per heavy atom. The summed E-state index contributed by atoms with van der Waals surface area (Å²) in [5, 5.41) is 7.19. The molecule has 0 aliphatic rings. The molecule has 0 aromatic heterocycles. The van der Waals surface area contributed by atoms with Gasteiger partial charge >= 0.3 is 5.88 Å². The number of aliphatic hydroxyl groups is 1. The third kappa shape index (κ3) is 430. The summed E-state index contributed by atoms with van der Waals surface area (Å²) in [6, 6.07) is 0. The molecule has 0 saturated carbocycles. The molecule has 0 unspecified atom stereocenters. The van der Waals surface area contributed by atoms with Gasteiger partial charge in [-0.15, -0.1) is 23.2 Å². The Labute approximate surface area is 141 Å². The number of aliphatic hydroxyl groups excluding tert-OH is 1. The van der Waals surface area contributed by atoms with Crippen LogP contribution in [0.15, 0.2) is 0 Å². The second kappa shape index (κ2) is 73.3. The smallest absolute Gasteiger partial charge is 0.312 e. The molecule has 0 radical (unpaired) electrons. The van der Waals surface area contributed by atoms with Crippen molar-refractivity contribution in [2.75, 3.05) is 12.4 Å². The van der Waals surface area contributed by atoms with E-state index in [1.54, 1.807) is 0 Å². The van der Waals surface area contributed by atoms with Crippen LogP contribution in [0.25, 0.3) is 0 Å². The van der Waals surface area contributed by atoms with Crippen LogP contribution in [0.4, 0.5) is 8.78 Å². The summed E-state index contributed by atoms with van der Waals surface area (Å²) in [5.74, 6) is -2.69. The van der Waals surface area contributed by atoms with Crippen LogP contribution >= 0.6 is 34.8 Å². The summed E-state index contributed by atoms with van der Waals surface area (Å²) in [7, 11) is 1.00. The quantitative estimate of drug-likeness (QED) is 0.406. The second-order valence-corrected chi connectivity index (χ2v) is 3.90. The molecular weight excluding hydrogens is 329 g/mol. The van der Waals surface area contributed by atoms with Gasteiger partial charge in [-0.25, -0.2) is 0 Å². The van der Waals surface area contributed by atoms with Gasteiger partial charge in [-0.3, -0.25) is 0 Å². The fraction of sp³-hybridized carbons (Fsp3) is 1.00. The second-order valence-electron chi connectivity index (χ2n) is 2.76. The molecule has 0 aromatic carbocycles. The van der Waals surface area contributed by atoms with E-state index >= 15 is 0 Å². The largest absolute Gasteiger partial charge is 0.400 e. The van der Waals surface area contributed by atoms with Gasteiger partial charge in [0.2, 0.25) is 0 Å². The van der Waals surface area contributed by atoms with Gasteiger partial charge in [-0.05, 0) is 0 Å². The van der Waals surface area contributed by atoms with E-state index < -0.39 is 5.88 Å². The highest BCUT2D eigenvalue weighted by Crippen LogP contribution is 1.95. The van der Waals surface area contributed by atoms with Crippen LogP contribution in [0.2, 0.25) is 0 Å². The Morgan fingerprint density at radius 1 is 0.850 bits per heavy atom. The van der Waals surface area contributed by atoms with Crippen molar-refractivity contribution in [1.82, 2.24) is 0 Å². The first kappa shape index (κ1) is 37.2. The fourth-order valence-electron chi connectivity index (χ4n) is 0.500. The van der Waals surface area contributed by atoms with Crippen molar-refractivity contribution in [3.63, 3.8) is 0 Å². The molecule has 0 spiro atoms. The Kier molecular flexibility index (Phi) is 136. The Hall–Kier alpha value is 0.690. The van der Waals surface area contributed by atoms with Gasteiger partial charge in [0.25, 0.3) is 0 Å². The maximum atomic E-state index is 10.1. The van der Waals surface area contributed by atoms with Crippen LogP contribution in [-0.4, -0.2) is 23.4 Å². The van der Waals surface area contributed by atoms with Crippen LogP contribution in [0.5, 0.6) is 0 Å². The maximum absolute atomic E-state index is 10.1. The maximum Gasteiger partial charge on any atom is 0.312 e. The van der Waals surface area contributed by atoms with E-state index in [1.165, 1.54) is 32.1 Å². The van der Waals surface area contributed by atoms with Crippen molar-refractivity contribution in [2.24, 2.45) is 0 Å². The lowest BCUT2D eigenvalue weighted by Crippen LogP contribution is -1.66. The van der Waals surface area contributed by atoms with Crippen LogP contribution in [0.1, 0.15) is 73.6 Å². The van der Waals surface area contributed by atoms with Crippen LogP contribution in [-0.2, 0) is 0 Å². The van der Waals surface area contributed by atoms with E-state index in [4.69, 9.17) is 28.3 Å². The molecule has 0 saturated heterocycles. The topological polar surface area (TPSA) is 20.2 Å². The average molecular weight is 364 g/mol. The molecule has 132 valence electrons. The average Bonchev–Trinajstić information content (AvgIpc) is 2.42. The van der Waals surface area contributed by atoms with E-state index in [0.717, 1.165) is 7.11 Å². The van der Waals surface area contributed by atoms with E-state index in [2.05, 4.69) is 39.3 Å². The zero-order chi connectivity index (χ0) is 17.8. The van der Waals surface area contributed by atoms with Crippen LogP contribution < -0.4 is 0 Å². The molecule has 0 rings (SSSR count). The van der Waals surface area contributed by atoms with E-state index in [1.807, 2.05) is 13.8 Å². The third-order valence-corrected chi connectivity index (χ3v) is 0.957. The lowest BCUT2D eigenvalue weighted by Gasteiger charge is -1.86. The van der Waals surface area contributed by atoms with Gasteiger partial charge in [-0.2, -0.15) is 8.78 Å². The Balaban J connectivity index is -0.0000000312. The zero-order valence-corrected chi connectivity index (χ0v) is 16.4. The molecule has 1 nitrogen and oxygen atoms in total. The van der Waals surface area contributed by atoms with Gasteiger partial charge in [0, 0.05) is 7.11 Å². The van der Waals surface area contributed by atoms with Crippen molar-refractivity contribution < 1.29 is 13.9 Å². The molecule has 0 amide bonds. The van der Waals surface area contributed by atoms with Gasteiger partial charge < -0.3 is 5.11 Å². The van der Waals surface area contributed by atoms with Gasteiger partial charge in [-0.1, -0.05) is 85.2 Å². The predicted octanol–water partition coefficient (Wildman–Crippen LogP) is 7.51. The number of halogens is 5. The molecule has 0 heterocycles. The van der Waals surface area contributed by atoms with E-state index in [0.29, 0.717) is 0 Å². The number of rotatable bonds is 3. The molecule has 1 N–H and O–H groups in total. The third-order valence-electron chi connectivity index (χ3n) is 0.957. The molecule has 0 aromatic rings. The predicted molar refractivity (Wildman–Crippen MR) is 93.7 cm³/mol. The lowest BCUT2D eigenvalue weighted by atomic mass is 10.2. The number of hydrogen-bond donors (Lipinski definition) is 1. The first-order valence-corrected chi connectivity index (χ1v) is 8.47. The molecule has 0 atom stereocenters. The Bertz CT molecular complexity index is 72.7. The summed E-state index contributed by atoms with van der Waals surface area (Å²) in [6.07, 6.45) is 6.79. The van der Waals surface area contributed by atoms with Crippen molar-refractivity contribution in [3.8, 4) is 0 Å². The highest BCUT2D eigenvalue weighted by molar-refractivity contribution is 6.40. The van der Waals surface area contributed by atoms with Gasteiger partial charge in [0.15, 0.2) is 0 Å². The number of hydrogen-bond acceptors (Lipinski definition) is 1. The first-order chi connectivity index (χ1) is 9.47. The van der Waals surface area contributed by atoms with Crippen molar-refractivity contribution in [2.45, 2.75) is 79.5 Å². The van der Waals surface area contributed by atoms with Gasteiger partial charge in [0.05, 0.1) is 5.34 Å². The Morgan fingerprint density at radius 2 is 0.950 bits per heavy atom. The van der Waals surface area contributed by atoms with Gasteiger partial charge in [0.1, 0.15) is 0 Å². The molecule has 6 heteroatoms. The molecule has 0 fully saturated rings. The van der Waals surface area contributed by atoms with Crippen molar-refractivity contribution in [1.29, 1.82) is 0 Å². The zero-order valence-electron chi connectivity index (χ0n) is 14.2. The summed E-state index contributed by atoms with van der Waals surface area (Å²) in [6.45, 7) is 12.7. The monoisotopic (exact) mass is 362 g/mol. The first-order valence-electron chi connectivity index (χ1n) is 6.96. The van der Waals surface area contributed by atoms with Crippen LogP contribution in [0, 0.1) is 0 Å².